The van der Waals surface area contributed by atoms with Gasteiger partial charge in [0.25, 0.3) is 5.91 Å². The van der Waals surface area contributed by atoms with Crippen LogP contribution in [0.5, 0.6) is 0 Å². The zero-order valence-corrected chi connectivity index (χ0v) is 9.37. The summed E-state index contributed by atoms with van der Waals surface area (Å²) in [4.78, 5) is 22.2. The first-order valence-electron chi connectivity index (χ1n) is 5.17. The highest BCUT2D eigenvalue weighted by Gasteiger charge is 2.17. The Labute approximate surface area is 99.0 Å². The third kappa shape index (κ3) is 2.45. The highest BCUT2D eigenvalue weighted by Crippen LogP contribution is 2.16. The monoisotopic (exact) mass is 229 g/mol. The van der Waals surface area contributed by atoms with Crippen LogP contribution < -0.4 is 5.32 Å². The Bertz CT molecular complexity index is 537. The van der Waals surface area contributed by atoms with Crippen LogP contribution in [-0.2, 0) is 16.1 Å². The summed E-state index contributed by atoms with van der Waals surface area (Å²) in [5.74, 6) is 5.19. The van der Waals surface area contributed by atoms with Gasteiger partial charge in [-0.25, -0.2) is 0 Å². The molecule has 4 nitrogen and oxygen atoms in total. The van der Waals surface area contributed by atoms with Crippen molar-refractivity contribution in [2.45, 2.75) is 13.0 Å². The van der Waals surface area contributed by atoms with Crippen LogP contribution in [0.3, 0.4) is 0 Å². The summed E-state index contributed by atoms with van der Waals surface area (Å²) in [7, 11) is 1.33. The molecular weight excluding hydrogens is 218 g/mol. The van der Waals surface area contributed by atoms with Crippen LogP contribution in [0, 0.1) is 11.8 Å². The number of esters is 1. The second kappa shape index (κ2) is 4.71. The van der Waals surface area contributed by atoms with Gasteiger partial charge in [-0.2, -0.15) is 0 Å². The van der Waals surface area contributed by atoms with Crippen molar-refractivity contribution in [3.63, 3.8) is 0 Å². The third-order valence-corrected chi connectivity index (χ3v) is 2.48. The van der Waals surface area contributed by atoms with Crippen molar-refractivity contribution in [2.24, 2.45) is 0 Å². The molecule has 1 heterocycles. The van der Waals surface area contributed by atoms with E-state index in [2.05, 4.69) is 21.9 Å². The molecular formula is C13H11NO3. The van der Waals surface area contributed by atoms with Gasteiger partial charge in [0.1, 0.15) is 6.42 Å². The Morgan fingerprint density at radius 3 is 3.12 bits per heavy atom. The first-order chi connectivity index (χ1) is 8.20. The van der Waals surface area contributed by atoms with E-state index in [9.17, 15) is 9.59 Å². The Hall–Kier alpha value is -2.28. The molecule has 0 atom stereocenters. The van der Waals surface area contributed by atoms with Crippen LogP contribution in [0.15, 0.2) is 18.2 Å². The van der Waals surface area contributed by atoms with Crippen molar-refractivity contribution < 1.29 is 14.3 Å². The average Bonchev–Trinajstić information content (AvgIpc) is 2.70. The topological polar surface area (TPSA) is 55.4 Å². The van der Waals surface area contributed by atoms with E-state index in [-0.39, 0.29) is 18.3 Å². The van der Waals surface area contributed by atoms with Crippen LogP contribution in [0.4, 0.5) is 0 Å². The van der Waals surface area contributed by atoms with Crippen molar-refractivity contribution in [3.05, 3.63) is 34.9 Å². The lowest BCUT2D eigenvalue weighted by Gasteiger charge is -1.96. The van der Waals surface area contributed by atoms with E-state index in [4.69, 9.17) is 0 Å². The molecule has 0 fully saturated rings. The molecule has 0 unspecified atom stereocenters. The van der Waals surface area contributed by atoms with Crippen molar-refractivity contribution in [1.29, 1.82) is 0 Å². The number of carbonyl (C=O) groups is 2. The van der Waals surface area contributed by atoms with Crippen LogP contribution in [0.1, 0.15) is 27.9 Å². The van der Waals surface area contributed by atoms with E-state index >= 15 is 0 Å². The van der Waals surface area contributed by atoms with E-state index in [1.165, 1.54) is 7.11 Å². The maximum atomic E-state index is 11.3. The summed E-state index contributed by atoms with van der Waals surface area (Å²) in [6.45, 7) is 0.542. The number of rotatable bonds is 1. The average molecular weight is 229 g/mol. The predicted octanol–water partition coefficient (Wildman–Crippen LogP) is 0.845. The molecule has 0 aromatic heterocycles. The van der Waals surface area contributed by atoms with Gasteiger partial charge in [-0.3, -0.25) is 9.59 Å². The van der Waals surface area contributed by atoms with Gasteiger partial charge in [-0.05, 0) is 23.8 Å². The number of methoxy groups -OCH3 is 1. The second-order valence-corrected chi connectivity index (χ2v) is 3.61. The highest BCUT2D eigenvalue weighted by molar-refractivity contribution is 5.98. The number of fused-ring (bicyclic) bond motifs is 1. The molecule has 1 aliphatic heterocycles. The van der Waals surface area contributed by atoms with Crippen molar-refractivity contribution in [1.82, 2.24) is 5.32 Å². The quantitative estimate of drug-likeness (QED) is 0.573. The zero-order valence-electron chi connectivity index (χ0n) is 9.37. The summed E-state index contributed by atoms with van der Waals surface area (Å²) in [5, 5.41) is 2.73. The molecule has 0 bridgehead atoms. The summed E-state index contributed by atoms with van der Waals surface area (Å²) in [6.07, 6.45) is 0.0742. The molecule has 1 aromatic rings. The Kier molecular flexibility index (Phi) is 3.10. The minimum Gasteiger partial charge on any atom is -0.468 e. The van der Waals surface area contributed by atoms with E-state index in [0.717, 1.165) is 11.1 Å². The SMILES string of the molecule is COC(=O)CC#Cc1ccc2c(c1)CNC2=O. The van der Waals surface area contributed by atoms with Gasteiger partial charge in [0.15, 0.2) is 0 Å². The lowest BCUT2D eigenvalue weighted by atomic mass is 10.1. The largest absolute Gasteiger partial charge is 0.468 e. The first kappa shape index (κ1) is 11.2. The van der Waals surface area contributed by atoms with Gasteiger partial charge in [0, 0.05) is 17.7 Å². The molecule has 0 saturated carbocycles. The number of hydrogen-bond acceptors (Lipinski definition) is 3. The second-order valence-electron chi connectivity index (χ2n) is 3.61. The van der Waals surface area contributed by atoms with Gasteiger partial charge >= 0.3 is 5.97 Å². The summed E-state index contributed by atoms with van der Waals surface area (Å²) in [6, 6.07) is 5.38. The predicted molar refractivity (Wildman–Crippen MR) is 61.1 cm³/mol. The van der Waals surface area contributed by atoms with E-state index < -0.39 is 0 Å². The zero-order chi connectivity index (χ0) is 12.3. The fourth-order valence-corrected chi connectivity index (χ4v) is 1.60. The minimum atomic E-state index is -0.351. The van der Waals surface area contributed by atoms with Crippen molar-refractivity contribution in [3.8, 4) is 11.8 Å². The normalized spacial score (nSPS) is 12.2. The van der Waals surface area contributed by atoms with Gasteiger partial charge in [-0.1, -0.05) is 11.8 Å². The van der Waals surface area contributed by atoms with Crippen molar-refractivity contribution in [2.75, 3.05) is 7.11 Å². The van der Waals surface area contributed by atoms with Crippen LogP contribution in [0.25, 0.3) is 0 Å². The highest BCUT2D eigenvalue weighted by atomic mass is 16.5. The van der Waals surface area contributed by atoms with Crippen LogP contribution in [-0.4, -0.2) is 19.0 Å². The molecule has 1 aromatic carbocycles. The van der Waals surface area contributed by atoms with Crippen LogP contribution in [0.2, 0.25) is 0 Å². The minimum absolute atomic E-state index is 0.0472. The summed E-state index contributed by atoms with van der Waals surface area (Å²) >= 11 is 0. The number of hydrogen-bond donors (Lipinski definition) is 1. The number of nitrogens with one attached hydrogen (secondary N) is 1. The summed E-state index contributed by atoms with van der Waals surface area (Å²) < 4.78 is 4.48. The fraction of sp³-hybridized carbons (Fsp3) is 0.231. The molecule has 0 spiro atoms. The third-order valence-electron chi connectivity index (χ3n) is 2.48. The Morgan fingerprint density at radius 2 is 2.35 bits per heavy atom. The van der Waals surface area contributed by atoms with Gasteiger partial charge < -0.3 is 10.1 Å². The standard InChI is InChI=1S/C13H11NO3/c1-17-12(15)4-2-3-9-5-6-11-10(7-9)8-14-13(11)16/h5-7H,4,8H2,1H3,(H,14,16). The molecule has 1 amide bonds. The Morgan fingerprint density at radius 1 is 1.53 bits per heavy atom. The maximum Gasteiger partial charge on any atom is 0.317 e. The lowest BCUT2D eigenvalue weighted by Crippen LogP contribution is -2.12. The molecule has 1 N–H and O–H groups in total. The van der Waals surface area contributed by atoms with Crippen LogP contribution >= 0.6 is 0 Å². The molecule has 2 rings (SSSR count). The molecule has 0 radical (unpaired) electrons. The number of benzene rings is 1. The van der Waals surface area contributed by atoms with E-state index in [0.29, 0.717) is 12.1 Å². The van der Waals surface area contributed by atoms with Gasteiger partial charge in [0.2, 0.25) is 0 Å². The maximum absolute atomic E-state index is 11.3. The Balaban J connectivity index is 2.14. The lowest BCUT2D eigenvalue weighted by molar-refractivity contribution is -0.139. The molecule has 4 heteroatoms. The fourth-order valence-electron chi connectivity index (χ4n) is 1.60. The number of amides is 1. The van der Waals surface area contributed by atoms with Crippen molar-refractivity contribution >= 4 is 11.9 Å². The van der Waals surface area contributed by atoms with E-state index in [1.807, 2.05) is 6.07 Å². The smallest absolute Gasteiger partial charge is 0.317 e. The molecule has 1 aliphatic rings. The molecule has 17 heavy (non-hydrogen) atoms. The van der Waals surface area contributed by atoms with Gasteiger partial charge in [0.05, 0.1) is 7.11 Å². The number of ether oxygens (including phenoxy) is 1. The summed E-state index contributed by atoms with van der Waals surface area (Å²) in [5.41, 5.74) is 2.44. The van der Waals surface area contributed by atoms with E-state index in [1.54, 1.807) is 12.1 Å². The van der Waals surface area contributed by atoms with Gasteiger partial charge in [-0.15, -0.1) is 0 Å². The molecule has 86 valence electrons. The first-order valence-corrected chi connectivity index (χ1v) is 5.17. The molecule has 0 saturated heterocycles. The molecule has 0 aliphatic carbocycles. The number of carbonyl (C=O) groups excluding carboxylic acids is 2.